The number of carbonyl (C=O) groups excluding carboxylic acids is 11. The van der Waals surface area contributed by atoms with Crippen molar-refractivity contribution in [2.24, 2.45) is 0 Å². The molecule has 0 radical (unpaired) electrons. The van der Waals surface area contributed by atoms with Crippen molar-refractivity contribution in [3.63, 3.8) is 0 Å². The van der Waals surface area contributed by atoms with Crippen molar-refractivity contribution >= 4 is 76.3 Å². The maximum Gasteiger partial charge on any atom is 0.303 e. The van der Waals surface area contributed by atoms with Crippen LogP contribution < -0.4 is 10.6 Å². The lowest BCUT2D eigenvalue weighted by atomic mass is 9.94. The molecule has 0 unspecified atom stereocenters. The zero-order valence-electron chi connectivity index (χ0n) is 54.4. The van der Waals surface area contributed by atoms with E-state index >= 15 is 4.39 Å². The number of benzene rings is 3. The number of ether oxygens (including phenoxy) is 18. The van der Waals surface area contributed by atoms with Crippen LogP contribution >= 0.6 is 0 Å². The van der Waals surface area contributed by atoms with Crippen molar-refractivity contribution in [2.75, 3.05) is 26.4 Å². The van der Waals surface area contributed by atoms with Gasteiger partial charge in [0.2, 0.25) is 11.8 Å². The van der Waals surface area contributed by atoms with Gasteiger partial charge in [-0.2, -0.15) is 0 Å². The first-order valence-corrected chi connectivity index (χ1v) is 30.5. The largest absolute Gasteiger partial charge is 0.463 e. The van der Waals surface area contributed by atoms with Gasteiger partial charge in [0.1, 0.15) is 61.9 Å². The molecule has 2 N–H and O–H groups in total. The topological polar surface area (TPSA) is 378 Å². The molecule has 0 aromatic heterocycles. The molecule has 7 rings (SSSR count). The summed E-state index contributed by atoms with van der Waals surface area (Å²) in [7, 11) is 0. The van der Waals surface area contributed by atoms with Crippen LogP contribution in [0.1, 0.15) is 87.3 Å². The Bertz CT molecular complexity index is 3230. The minimum Gasteiger partial charge on any atom is -0.463 e. The first-order valence-electron chi connectivity index (χ1n) is 30.5. The minimum atomic E-state index is -2.45. The summed E-state index contributed by atoms with van der Waals surface area (Å²) in [5.74, 6) is -10.2. The summed E-state index contributed by atoms with van der Waals surface area (Å²) in [5, 5.41) is 7.15. The Morgan fingerprint density at radius 1 is 0.365 bits per heavy atom. The van der Waals surface area contributed by atoms with Gasteiger partial charge in [-0.1, -0.05) is 66.7 Å². The third-order valence-electron chi connectivity index (χ3n) is 14.8. The Balaban J connectivity index is 1.34. The second kappa shape index (κ2) is 35.1. The normalized spacial score (nSPS) is 30.2. The Morgan fingerprint density at radius 2 is 0.781 bits per heavy atom. The highest BCUT2D eigenvalue weighted by molar-refractivity contribution is 5.83. The summed E-state index contributed by atoms with van der Waals surface area (Å²) >= 11 is 0. The summed E-state index contributed by atoms with van der Waals surface area (Å²) in [4.78, 5) is 142. The molecule has 20 atom stereocenters. The SMILES string of the molecule is CC(=O)N[C@H]1[C@@H](OCc2ccccc2)O[C@H](CO[C@@H]2O[C@H](COCc3ccc4ccccc4c3)[C@@H](O[C@@H]3O[C@H](COC(C)=O)[C@H](OC(C)=O)[C@H](F)[C@H]3OC(C)=O)[C@H](OC(C)=O)[C@H]2NC(C)=O)[C@H](OC(C)=O)[C@@H]1O[C@@H]1O[C@H](COC(C)=O)[C@H](OC(C)=O)[C@H](OC(C)=O)[C@H]1OC(C)=O. The molecule has 2 amide bonds. The van der Waals surface area contributed by atoms with Crippen LogP contribution in [0.3, 0.4) is 0 Å². The van der Waals surface area contributed by atoms with Crippen LogP contribution in [0, 0.1) is 0 Å². The van der Waals surface area contributed by atoms with Gasteiger partial charge in [0.15, 0.2) is 74.1 Å². The van der Waals surface area contributed by atoms with Crippen LogP contribution in [0.4, 0.5) is 4.39 Å². The van der Waals surface area contributed by atoms with Gasteiger partial charge in [-0.05, 0) is 28.0 Å². The molecule has 32 heteroatoms. The van der Waals surface area contributed by atoms with E-state index in [2.05, 4.69) is 10.6 Å². The van der Waals surface area contributed by atoms with E-state index in [-0.39, 0.29) is 13.2 Å². The summed E-state index contributed by atoms with van der Waals surface area (Å²) in [6.45, 7) is 8.20. The van der Waals surface area contributed by atoms with E-state index in [1.807, 2.05) is 36.4 Å². The minimum absolute atomic E-state index is 0.117. The standard InChI is InChI=1S/C64H79FN2O29/c1-30(68)66-50-57(88-38(9)76)54(95-63-56(87-37(8)75)49(65)52(84-34(5)72)46(93-63)27-80-32(3)70)45(26-79-24-42-21-22-43-19-15-16-20-44(43)23-42)91-62(50)83-29-48-53(85-35(6)73)58(51(67-31(2)69)61(92-48)82-25-41-17-13-12-14-18-41)96-64-60(90-40(11)78)59(89-39(10)77)55(86-36(7)74)47(94-64)28-81-33(4)71/h12-23,45-64H,24-29H2,1-11H3,(H,66,68)(H,67,69)/t45-,46-,47-,48-,49+,50-,51-,52+,53+,54-,55+,56-,57-,58-,59+,60-,61+,62-,63+,64+/m1/s1. The Kier molecular flexibility index (Phi) is 27.4. The highest BCUT2D eigenvalue weighted by Crippen LogP contribution is 2.38. The average Bonchev–Trinajstić information content (AvgIpc) is 0.772. The molecule has 4 saturated heterocycles. The molecule has 3 aromatic rings. The first kappa shape index (κ1) is 75.0. The number of hydrogen-bond acceptors (Lipinski definition) is 29. The quantitative estimate of drug-likeness (QED) is 0.0816. The molecule has 31 nitrogen and oxygen atoms in total. The highest BCUT2D eigenvalue weighted by atomic mass is 19.1. The second-order valence-corrected chi connectivity index (χ2v) is 22.7. The molecule has 3 aromatic carbocycles. The van der Waals surface area contributed by atoms with Crippen molar-refractivity contribution in [3.05, 3.63) is 83.9 Å². The molecule has 0 aliphatic carbocycles. The van der Waals surface area contributed by atoms with Gasteiger partial charge in [0, 0.05) is 76.2 Å². The van der Waals surface area contributed by atoms with E-state index in [1.165, 1.54) is 0 Å². The van der Waals surface area contributed by atoms with Crippen molar-refractivity contribution in [2.45, 2.75) is 212 Å². The lowest BCUT2D eigenvalue weighted by Gasteiger charge is -2.50. The van der Waals surface area contributed by atoms with Crippen LogP contribution in [0.5, 0.6) is 0 Å². The fourth-order valence-corrected chi connectivity index (χ4v) is 11.3. The van der Waals surface area contributed by atoms with Gasteiger partial charge in [-0.15, -0.1) is 0 Å². The van der Waals surface area contributed by atoms with Gasteiger partial charge < -0.3 is 95.9 Å². The molecule has 526 valence electrons. The zero-order chi connectivity index (χ0) is 70.1. The average molecular weight is 1360 g/mol. The number of amides is 2. The summed E-state index contributed by atoms with van der Waals surface area (Å²) in [6, 6.07) is 18.4. The van der Waals surface area contributed by atoms with Gasteiger partial charge in [0.25, 0.3) is 0 Å². The van der Waals surface area contributed by atoms with Crippen LogP contribution in [0.15, 0.2) is 72.8 Å². The predicted molar refractivity (Wildman–Crippen MR) is 317 cm³/mol. The van der Waals surface area contributed by atoms with Crippen LogP contribution in [0.25, 0.3) is 10.8 Å². The number of nitrogens with one attached hydrogen (secondary N) is 2. The monoisotopic (exact) mass is 1360 g/mol. The summed E-state index contributed by atoms with van der Waals surface area (Å²) < 4.78 is 126. The number of alkyl halides is 1. The number of carbonyl (C=O) groups is 11. The molecule has 0 saturated carbocycles. The fourth-order valence-electron chi connectivity index (χ4n) is 11.3. The van der Waals surface area contributed by atoms with Crippen LogP contribution in [-0.2, 0) is 151 Å². The Hall–Kier alpha value is -8.34. The zero-order valence-corrected chi connectivity index (χ0v) is 54.4. The second-order valence-electron chi connectivity index (χ2n) is 22.7. The van der Waals surface area contributed by atoms with Crippen LogP contribution in [-0.4, -0.2) is 215 Å². The van der Waals surface area contributed by atoms with Crippen molar-refractivity contribution in [1.29, 1.82) is 0 Å². The third-order valence-corrected chi connectivity index (χ3v) is 14.8. The molecule has 0 bridgehead atoms. The van der Waals surface area contributed by atoms with Gasteiger partial charge >= 0.3 is 53.7 Å². The van der Waals surface area contributed by atoms with E-state index in [9.17, 15) is 52.7 Å². The van der Waals surface area contributed by atoms with Gasteiger partial charge in [-0.25, -0.2) is 4.39 Å². The van der Waals surface area contributed by atoms with Crippen molar-refractivity contribution in [3.8, 4) is 0 Å². The van der Waals surface area contributed by atoms with Crippen LogP contribution in [0.2, 0.25) is 0 Å². The van der Waals surface area contributed by atoms with Gasteiger partial charge in [0.05, 0.1) is 26.4 Å². The molecule has 4 aliphatic rings. The molecular weight excluding hydrogens is 1280 g/mol. The lowest BCUT2D eigenvalue weighted by molar-refractivity contribution is -0.358. The van der Waals surface area contributed by atoms with E-state index in [4.69, 9.17) is 85.3 Å². The predicted octanol–water partition coefficient (Wildman–Crippen LogP) is 2.26. The number of fused-ring (bicyclic) bond motifs is 1. The number of rotatable bonds is 27. The van der Waals surface area contributed by atoms with E-state index < -0.39 is 215 Å². The van der Waals surface area contributed by atoms with E-state index in [0.717, 1.165) is 86.9 Å². The Labute approximate surface area is 550 Å². The molecule has 0 spiro atoms. The van der Waals surface area contributed by atoms with Crippen molar-refractivity contribution in [1.82, 2.24) is 10.6 Å². The number of esters is 9. The molecule has 4 aliphatic heterocycles. The summed E-state index contributed by atoms with van der Waals surface area (Å²) in [5.41, 5.74) is 1.24. The number of halogens is 1. The smallest absolute Gasteiger partial charge is 0.303 e. The highest BCUT2D eigenvalue weighted by Gasteiger charge is 2.60. The van der Waals surface area contributed by atoms with Crippen molar-refractivity contribution < 1.29 is 142 Å². The molecular formula is C64H79FN2O29. The van der Waals surface area contributed by atoms with E-state index in [0.29, 0.717) is 11.1 Å². The lowest BCUT2D eigenvalue weighted by Crippen LogP contribution is -2.70. The maximum atomic E-state index is 17.1. The molecule has 96 heavy (non-hydrogen) atoms. The third kappa shape index (κ3) is 21.3. The fraction of sp³-hybridized carbons (Fsp3) is 0.578. The maximum absolute atomic E-state index is 17.1. The summed E-state index contributed by atoms with van der Waals surface area (Å²) in [6.07, 6.45) is -32.8. The number of hydrogen-bond donors (Lipinski definition) is 2. The van der Waals surface area contributed by atoms with E-state index in [1.54, 1.807) is 36.4 Å². The Morgan fingerprint density at radius 3 is 1.33 bits per heavy atom. The molecule has 4 fully saturated rings. The molecule has 4 heterocycles. The first-order chi connectivity index (χ1) is 45.5. The van der Waals surface area contributed by atoms with Gasteiger partial charge in [-0.3, -0.25) is 52.7 Å².